The monoisotopic (exact) mass is 285 g/mol. The molecule has 1 unspecified atom stereocenters. The zero-order chi connectivity index (χ0) is 14.3. The molecule has 1 N–H and O–H groups in total. The number of aromatic nitrogens is 3. The van der Waals surface area contributed by atoms with Crippen LogP contribution in [0, 0.1) is 0 Å². The molecule has 0 aliphatic carbocycles. The van der Waals surface area contributed by atoms with Gasteiger partial charge >= 0.3 is 6.01 Å². The quantitative estimate of drug-likeness (QED) is 0.782. The van der Waals surface area contributed by atoms with Crippen molar-refractivity contribution in [2.75, 3.05) is 42.9 Å². The third-order valence-corrected chi connectivity index (χ3v) is 3.46. The normalized spacial score (nSPS) is 12.1. The van der Waals surface area contributed by atoms with Crippen LogP contribution in [0.15, 0.2) is 0 Å². The molecule has 0 radical (unpaired) electrons. The largest absolute Gasteiger partial charge is 0.464 e. The van der Waals surface area contributed by atoms with Crippen molar-refractivity contribution in [3.05, 3.63) is 0 Å². The second-order valence-corrected chi connectivity index (χ2v) is 5.15. The summed E-state index contributed by atoms with van der Waals surface area (Å²) in [5, 5.41) is 2.93. The van der Waals surface area contributed by atoms with Gasteiger partial charge in [-0.2, -0.15) is 26.7 Å². The van der Waals surface area contributed by atoms with Crippen molar-refractivity contribution < 1.29 is 4.74 Å². The molecule has 0 aliphatic heterocycles. The number of hydrogen-bond donors (Lipinski definition) is 1. The summed E-state index contributed by atoms with van der Waals surface area (Å²) in [6, 6.07) is 0.731. The predicted octanol–water partition coefficient (Wildman–Crippen LogP) is 1.89. The average Bonchev–Trinajstić information content (AvgIpc) is 2.43. The van der Waals surface area contributed by atoms with E-state index < -0.39 is 0 Å². The highest BCUT2D eigenvalue weighted by Gasteiger charge is 2.15. The maximum absolute atomic E-state index is 5.37. The Morgan fingerprint density at radius 2 is 2.11 bits per heavy atom. The molecule has 1 heterocycles. The lowest BCUT2D eigenvalue weighted by Gasteiger charge is -2.25. The molecule has 6 nitrogen and oxygen atoms in total. The number of anilines is 2. The summed E-state index contributed by atoms with van der Waals surface area (Å²) in [5.41, 5.74) is 0. The van der Waals surface area contributed by atoms with Gasteiger partial charge in [0.15, 0.2) is 0 Å². The van der Waals surface area contributed by atoms with E-state index in [2.05, 4.69) is 38.3 Å². The molecular weight excluding hydrogens is 262 g/mol. The molecule has 0 aliphatic rings. The Morgan fingerprint density at radius 3 is 2.68 bits per heavy atom. The topological polar surface area (TPSA) is 63.2 Å². The van der Waals surface area contributed by atoms with E-state index in [0.717, 1.165) is 12.2 Å². The van der Waals surface area contributed by atoms with Gasteiger partial charge in [0.2, 0.25) is 11.9 Å². The van der Waals surface area contributed by atoms with E-state index in [9.17, 15) is 0 Å². The van der Waals surface area contributed by atoms with E-state index >= 15 is 0 Å². The standard InChI is InChI=1S/C12H23N5OS/c1-6-18-12-15-10(13-3)14-11(16-12)17(4)9(2)7-8-19-5/h9H,6-8H2,1-5H3,(H,13,14,15,16). The first-order chi connectivity index (χ1) is 9.12. The van der Waals surface area contributed by atoms with Gasteiger partial charge in [-0.15, -0.1) is 0 Å². The third kappa shape index (κ3) is 4.74. The van der Waals surface area contributed by atoms with Gasteiger partial charge in [0, 0.05) is 20.1 Å². The van der Waals surface area contributed by atoms with Crippen LogP contribution in [0.25, 0.3) is 0 Å². The first kappa shape index (κ1) is 15.8. The molecule has 0 aromatic carbocycles. The van der Waals surface area contributed by atoms with Gasteiger partial charge in [-0.3, -0.25) is 0 Å². The molecule has 7 heteroatoms. The second-order valence-electron chi connectivity index (χ2n) is 4.17. The van der Waals surface area contributed by atoms with Crippen LogP contribution in [0.3, 0.4) is 0 Å². The minimum atomic E-state index is 0.362. The van der Waals surface area contributed by atoms with E-state index in [-0.39, 0.29) is 0 Å². The molecule has 0 bridgehead atoms. The fraction of sp³-hybridized carbons (Fsp3) is 0.750. The molecule has 0 saturated carbocycles. The minimum Gasteiger partial charge on any atom is -0.464 e. The Morgan fingerprint density at radius 1 is 1.37 bits per heavy atom. The lowest BCUT2D eigenvalue weighted by atomic mass is 10.2. The van der Waals surface area contributed by atoms with Gasteiger partial charge in [0.25, 0.3) is 0 Å². The smallest absolute Gasteiger partial charge is 0.323 e. The van der Waals surface area contributed by atoms with Crippen LogP contribution >= 0.6 is 11.8 Å². The summed E-state index contributed by atoms with van der Waals surface area (Å²) < 4.78 is 5.37. The number of hydrogen-bond acceptors (Lipinski definition) is 7. The van der Waals surface area contributed by atoms with Crippen molar-refractivity contribution in [1.82, 2.24) is 15.0 Å². The van der Waals surface area contributed by atoms with E-state index in [1.54, 1.807) is 7.05 Å². The Balaban J connectivity index is 2.87. The van der Waals surface area contributed by atoms with Gasteiger partial charge in [0.05, 0.1) is 6.61 Å². The fourth-order valence-corrected chi connectivity index (χ4v) is 2.07. The molecule has 0 amide bonds. The highest BCUT2D eigenvalue weighted by Crippen LogP contribution is 2.17. The van der Waals surface area contributed by atoms with Crippen LogP contribution in [0.1, 0.15) is 20.3 Å². The van der Waals surface area contributed by atoms with Gasteiger partial charge in [-0.25, -0.2) is 0 Å². The zero-order valence-electron chi connectivity index (χ0n) is 12.3. The summed E-state index contributed by atoms with van der Waals surface area (Å²) in [7, 11) is 3.78. The van der Waals surface area contributed by atoms with Crippen molar-refractivity contribution >= 4 is 23.7 Å². The molecule has 19 heavy (non-hydrogen) atoms. The highest BCUT2D eigenvalue weighted by molar-refractivity contribution is 7.98. The van der Waals surface area contributed by atoms with Crippen LogP contribution in [0.4, 0.5) is 11.9 Å². The average molecular weight is 285 g/mol. The Labute approximate surface area is 119 Å². The summed E-state index contributed by atoms with van der Waals surface area (Å²) in [5.74, 6) is 2.28. The fourth-order valence-electron chi connectivity index (χ4n) is 1.49. The van der Waals surface area contributed by atoms with E-state index in [1.165, 1.54) is 0 Å². The number of nitrogens with one attached hydrogen (secondary N) is 1. The molecule has 0 fully saturated rings. The molecule has 108 valence electrons. The predicted molar refractivity (Wildman–Crippen MR) is 81.4 cm³/mol. The summed E-state index contributed by atoms with van der Waals surface area (Å²) in [4.78, 5) is 14.9. The maximum Gasteiger partial charge on any atom is 0.323 e. The Hall–Kier alpha value is -1.24. The van der Waals surface area contributed by atoms with Crippen LogP contribution in [-0.4, -0.2) is 53.7 Å². The van der Waals surface area contributed by atoms with Crippen molar-refractivity contribution in [3.8, 4) is 6.01 Å². The van der Waals surface area contributed by atoms with Crippen molar-refractivity contribution in [2.45, 2.75) is 26.3 Å². The second kappa shape index (κ2) is 8.04. The molecule has 1 aromatic heterocycles. The van der Waals surface area contributed by atoms with Crippen molar-refractivity contribution in [1.29, 1.82) is 0 Å². The van der Waals surface area contributed by atoms with Gasteiger partial charge in [-0.1, -0.05) is 0 Å². The highest BCUT2D eigenvalue weighted by atomic mass is 32.2. The SMILES string of the molecule is CCOc1nc(NC)nc(N(C)C(C)CCSC)n1. The number of nitrogens with zero attached hydrogens (tertiary/aromatic N) is 4. The first-order valence-electron chi connectivity index (χ1n) is 6.40. The number of ether oxygens (including phenoxy) is 1. The molecule has 1 aromatic rings. The third-order valence-electron chi connectivity index (χ3n) is 2.82. The zero-order valence-corrected chi connectivity index (χ0v) is 13.1. The lowest BCUT2D eigenvalue weighted by Crippen LogP contribution is -2.31. The Kier molecular flexibility index (Phi) is 6.69. The molecule has 1 atom stereocenters. The maximum atomic E-state index is 5.37. The van der Waals surface area contributed by atoms with Crippen LogP contribution in [0.5, 0.6) is 6.01 Å². The van der Waals surface area contributed by atoms with E-state index in [4.69, 9.17) is 4.74 Å². The van der Waals surface area contributed by atoms with Crippen molar-refractivity contribution in [2.24, 2.45) is 0 Å². The molecule has 0 spiro atoms. The van der Waals surface area contributed by atoms with E-state index in [1.807, 2.05) is 25.7 Å². The number of rotatable bonds is 8. The molecular formula is C12H23N5OS. The minimum absolute atomic E-state index is 0.362. The lowest BCUT2D eigenvalue weighted by molar-refractivity contribution is 0.312. The van der Waals surface area contributed by atoms with Gasteiger partial charge < -0.3 is 15.0 Å². The van der Waals surface area contributed by atoms with Crippen LogP contribution < -0.4 is 15.0 Å². The molecule has 0 saturated heterocycles. The van der Waals surface area contributed by atoms with Crippen LogP contribution in [0.2, 0.25) is 0 Å². The molecule has 1 rings (SSSR count). The Bertz CT molecular complexity index is 390. The van der Waals surface area contributed by atoms with Crippen molar-refractivity contribution in [3.63, 3.8) is 0 Å². The van der Waals surface area contributed by atoms with Gasteiger partial charge in [0.1, 0.15) is 0 Å². The van der Waals surface area contributed by atoms with Gasteiger partial charge in [-0.05, 0) is 32.3 Å². The first-order valence-corrected chi connectivity index (χ1v) is 7.80. The summed E-state index contributed by atoms with van der Waals surface area (Å²) in [6.07, 6.45) is 3.20. The summed E-state index contributed by atoms with van der Waals surface area (Å²) in [6.45, 7) is 4.62. The van der Waals surface area contributed by atoms with E-state index in [0.29, 0.717) is 30.6 Å². The van der Waals surface area contributed by atoms with Crippen LogP contribution in [-0.2, 0) is 0 Å². The summed E-state index contributed by atoms with van der Waals surface area (Å²) >= 11 is 1.84. The number of thioether (sulfide) groups is 1.